The van der Waals surface area contributed by atoms with Crippen LogP contribution < -0.4 is 21.7 Å². The van der Waals surface area contributed by atoms with Crippen molar-refractivity contribution in [3.63, 3.8) is 0 Å². The average molecular weight is 431 g/mol. The molecule has 3 atom stereocenters. The van der Waals surface area contributed by atoms with E-state index in [2.05, 4.69) is 16.0 Å². The molecule has 168 valence electrons. The van der Waals surface area contributed by atoms with Gasteiger partial charge in [0.2, 0.25) is 17.7 Å². The fraction of sp³-hybridized carbons (Fsp3) is 0.364. The molecular formula is C22H30N4O5. The van der Waals surface area contributed by atoms with Crippen LogP contribution in [0.1, 0.15) is 27.7 Å². The van der Waals surface area contributed by atoms with Crippen molar-refractivity contribution in [1.82, 2.24) is 10.6 Å². The molecule has 9 nitrogen and oxygen atoms in total. The minimum atomic E-state index is -0.778. The number of anilines is 1. The number of hydrogen-bond donors (Lipinski definition) is 5. The summed E-state index contributed by atoms with van der Waals surface area (Å²) in [6.45, 7) is 6.52. The van der Waals surface area contributed by atoms with Crippen molar-refractivity contribution in [2.24, 2.45) is 11.7 Å². The summed E-state index contributed by atoms with van der Waals surface area (Å²) >= 11 is 0. The molecule has 0 aliphatic heterocycles. The molecule has 0 aliphatic rings. The summed E-state index contributed by atoms with van der Waals surface area (Å²) in [4.78, 5) is 45.4. The SMILES string of the molecule is CC(C)[C@H](NC(=O)[C@H](C)N)C(=O)N[C@@H](C)C(=O)Nc1cccc2ccccc12.O=CO. The van der Waals surface area contributed by atoms with Crippen LogP contribution in [0.5, 0.6) is 0 Å². The van der Waals surface area contributed by atoms with Crippen LogP contribution in [0.2, 0.25) is 0 Å². The second-order valence-corrected chi connectivity index (χ2v) is 7.37. The number of benzene rings is 2. The van der Waals surface area contributed by atoms with Gasteiger partial charge in [-0.1, -0.05) is 50.2 Å². The zero-order valence-corrected chi connectivity index (χ0v) is 18.1. The summed E-state index contributed by atoms with van der Waals surface area (Å²) in [6.07, 6.45) is 0. The third-order valence-electron chi connectivity index (χ3n) is 4.46. The molecule has 2 aromatic rings. The number of carbonyl (C=O) groups is 4. The Kier molecular flexibility index (Phi) is 10.1. The van der Waals surface area contributed by atoms with Crippen molar-refractivity contribution in [3.05, 3.63) is 42.5 Å². The van der Waals surface area contributed by atoms with E-state index in [9.17, 15) is 14.4 Å². The van der Waals surface area contributed by atoms with Gasteiger partial charge >= 0.3 is 0 Å². The maximum Gasteiger partial charge on any atom is 0.290 e. The minimum absolute atomic E-state index is 0.156. The third-order valence-corrected chi connectivity index (χ3v) is 4.46. The van der Waals surface area contributed by atoms with Crippen LogP contribution >= 0.6 is 0 Å². The van der Waals surface area contributed by atoms with Crippen molar-refractivity contribution in [2.75, 3.05) is 5.32 Å². The van der Waals surface area contributed by atoms with Gasteiger partial charge in [-0.25, -0.2) is 0 Å². The maximum atomic E-state index is 12.6. The first-order valence-electron chi connectivity index (χ1n) is 9.85. The van der Waals surface area contributed by atoms with Gasteiger partial charge in [0.15, 0.2) is 0 Å². The quantitative estimate of drug-likeness (QED) is 0.420. The fourth-order valence-corrected chi connectivity index (χ4v) is 2.76. The lowest BCUT2D eigenvalue weighted by molar-refractivity contribution is -0.132. The van der Waals surface area contributed by atoms with Crippen LogP contribution in [0.3, 0.4) is 0 Å². The second kappa shape index (κ2) is 12.3. The lowest BCUT2D eigenvalue weighted by Crippen LogP contribution is -2.55. The molecule has 6 N–H and O–H groups in total. The normalized spacial score (nSPS) is 13.2. The predicted octanol–water partition coefficient (Wildman–Crippen LogP) is 1.47. The number of amides is 3. The van der Waals surface area contributed by atoms with E-state index in [1.54, 1.807) is 13.8 Å². The predicted molar refractivity (Wildman–Crippen MR) is 119 cm³/mol. The van der Waals surface area contributed by atoms with E-state index >= 15 is 0 Å². The number of rotatable bonds is 7. The van der Waals surface area contributed by atoms with Gasteiger partial charge < -0.3 is 26.8 Å². The molecule has 0 radical (unpaired) electrons. The summed E-state index contributed by atoms with van der Waals surface area (Å²) in [5, 5.41) is 17.0. The first-order chi connectivity index (χ1) is 14.6. The van der Waals surface area contributed by atoms with E-state index in [4.69, 9.17) is 15.6 Å². The van der Waals surface area contributed by atoms with Crippen LogP contribution in [0.4, 0.5) is 5.69 Å². The van der Waals surface area contributed by atoms with Gasteiger partial charge in [-0.15, -0.1) is 0 Å². The summed E-state index contributed by atoms with van der Waals surface area (Å²) in [7, 11) is 0. The van der Waals surface area contributed by atoms with E-state index in [0.29, 0.717) is 5.69 Å². The highest BCUT2D eigenvalue weighted by atomic mass is 16.3. The molecule has 0 fully saturated rings. The highest BCUT2D eigenvalue weighted by Gasteiger charge is 2.27. The van der Waals surface area contributed by atoms with Crippen LogP contribution in [-0.4, -0.2) is 47.4 Å². The summed E-state index contributed by atoms with van der Waals surface area (Å²) < 4.78 is 0. The van der Waals surface area contributed by atoms with Gasteiger partial charge in [0.1, 0.15) is 12.1 Å². The van der Waals surface area contributed by atoms with Gasteiger partial charge in [0.05, 0.1) is 6.04 Å². The molecule has 0 unspecified atom stereocenters. The van der Waals surface area contributed by atoms with E-state index in [0.717, 1.165) is 10.8 Å². The molecule has 0 saturated heterocycles. The number of nitrogens with two attached hydrogens (primary N) is 1. The number of nitrogens with one attached hydrogen (secondary N) is 3. The molecule has 0 saturated carbocycles. The maximum absolute atomic E-state index is 12.6. The fourth-order valence-electron chi connectivity index (χ4n) is 2.76. The molecule has 0 spiro atoms. The Hall–Kier alpha value is -3.46. The average Bonchev–Trinajstić information content (AvgIpc) is 2.72. The molecular weight excluding hydrogens is 400 g/mol. The molecule has 0 heterocycles. The second-order valence-electron chi connectivity index (χ2n) is 7.37. The Morgan fingerprint density at radius 1 is 0.903 bits per heavy atom. The lowest BCUT2D eigenvalue weighted by atomic mass is 10.0. The first kappa shape index (κ1) is 25.6. The van der Waals surface area contributed by atoms with E-state index in [1.165, 1.54) is 0 Å². The Morgan fingerprint density at radius 3 is 2.06 bits per heavy atom. The van der Waals surface area contributed by atoms with Crippen molar-refractivity contribution in [3.8, 4) is 0 Å². The largest absolute Gasteiger partial charge is 0.483 e. The van der Waals surface area contributed by atoms with E-state index in [-0.39, 0.29) is 18.3 Å². The molecule has 2 aromatic carbocycles. The number of fused-ring (bicyclic) bond motifs is 1. The molecule has 31 heavy (non-hydrogen) atoms. The zero-order valence-electron chi connectivity index (χ0n) is 18.1. The van der Waals surface area contributed by atoms with Crippen LogP contribution in [-0.2, 0) is 19.2 Å². The topological polar surface area (TPSA) is 151 Å². The van der Waals surface area contributed by atoms with Gasteiger partial charge in [-0.05, 0) is 31.2 Å². The molecule has 3 amide bonds. The van der Waals surface area contributed by atoms with Crippen LogP contribution in [0, 0.1) is 5.92 Å². The minimum Gasteiger partial charge on any atom is -0.483 e. The van der Waals surface area contributed by atoms with Gasteiger partial charge in [-0.3, -0.25) is 19.2 Å². The van der Waals surface area contributed by atoms with Crippen molar-refractivity contribution in [2.45, 2.75) is 45.8 Å². The van der Waals surface area contributed by atoms with Gasteiger partial charge in [0, 0.05) is 11.1 Å². The highest BCUT2D eigenvalue weighted by molar-refractivity contribution is 6.04. The van der Waals surface area contributed by atoms with Crippen LogP contribution in [0.25, 0.3) is 10.8 Å². The molecule has 2 rings (SSSR count). The van der Waals surface area contributed by atoms with Gasteiger partial charge in [0.25, 0.3) is 6.47 Å². The molecule has 9 heteroatoms. The van der Waals surface area contributed by atoms with Crippen LogP contribution in [0.15, 0.2) is 42.5 Å². The smallest absolute Gasteiger partial charge is 0.290 e. The van der Waals surface area contributed by atoms with Crippen molar-refractivity contribution in [1.29, 1.82) is 0 Å². The molecule has 0 aromatic heterocycles. The monoisotopic (exact) mass is 430 g/mol. The zero-order chi connectivity index (χ0) is 23.6. The van der Waals surface area contributed by atoms with E-state index < -0.39 is 29.9 Å². The van der Waals surface area contributed by atoms with E-state index in [1.807, 2.05) is 56.3 Å². The lowest BCUT2D eigenvalue weighted by Gasteiger charge is -2.24. The first-order valence-corrected chi connectivity index (χ1v) is 9.85. The Labute approximate surface area is 181 Å². The Bertz CT molecular complexity index is 908. The Morgan fingerprint density at radius 2 is 1.48 bits per heavy atom. The number of carbonyl (C=O) groups excluding carboxylic acids is 3. The van der Waals surface area contributed by atoms with Gasteiger partial charge in [-0.2, -0.15) is 0 Å². The standard InChI is InChI=1S/C21H28N4O3.CH2O2/c1-12(2)18(25-19(26)13(3)22)21(28)23-14(4)20(27)24-17-11-7-9-15-8-5-6-10-16(15)17;2-1-3/h5-14,18H,22H2,1-4H3,(H,23,28)(H,24,27)(H,25,26);1H,(H,2,3)/t13-,14-,18-;/m0./s1. The summed E-state index contributed by atoms with van der Waals surface area (Å²) in [5.74, 6) is -1.34. The van der Waals surface area contributed by atoms with Crippen molar-refractivity contribution < 1.29 is 24.3 Å². The number of hydrogen-bond acceptors (Lipinski definition) is 5. The molecule has 0 aliphatic carbocycles. The molecule has 0 bridgehead atoms. The Balaban J connectivity index is 0.00000151. The summed E-state index contributed by atoms with van der Waals surface area (Å²) in [5.41, 5.74) is 6.23. The summed E-state index contributed by atoms with van der Waals surface area (Å²) in [6, 6.07) is 11.1. The highest BCUT2D eigenvalue weighted by Crippen LogP contribution is 2.23. The van der Waals surface area contributed by atoms with Crippen molar-refractivity contribution >= 4 is 40.7 Å². The third kappa shape index (κ3) is 7.71. The number of carboxylic acid groups (broad SMARTS) is 1.